The summed E-state index contributed by atoms with van der Waals surface area (Å²) in [4.78, 5) is 12.7. The third-order valence-electron chi connectivity index (χ3n) is 2.10. The van der Waals surface area contributed by atoms with E-state index in [1.807, 2.05) is 13.8 Å². The molecule has 2 aromatic heterocycles. The largest absolute Gasteiger partial charge is 0.368 e. The van der Waals surface area contributed by atoms with Gasteiger partial charge in [0.2, 0.25) is 0 Å². The van der Waals surface area contributed by atoms with Crippen molar-refractivity contribution in [3.63, 3.8) is 0 Å². The molecule has 0 amide bonds. The van der Waals surface area contributed by atoms with Gasteiger partial charge in [0.1, 0.15) is 12.1 Å². The minimum absolute atomic E-state index is 0.810. The minimum atomic E-state index is 0.810. The Labute approximate surface area is 104 Å². The van der Waals surface area contributed by atoms with Crippen molar-refractivity contribution < 1.29 is 0 Å². The number of aromatic nitrogens is 5. The van der Waals surface area contributed by atoms with E-state index in [0.29, 0.717) is 0 Å². The summed E-state index contributed by atoms with van der Waals surface area (Å²) in [6.07, 6.45) is 3.27. The number of nitrogens with one attached hydrogen (secondary N) is 2. The van der Waals surface area contributed by atoms with Crippen molar-refractivity contribution >= 4 is 17.6 Å². The van der Waals surface area contributed by atoms with E-state index in [9.17, 15) is 0 Å². The highest BCUT2D eigenvalue weighted by Gasteiger charge is 2.01. The molecule has 0 unspecified atom stereocenters. The lowest BCUT2D eigenvalue weighted by Crippen LogP contribution is -2.08. The Morgan fingerprint density at radius 3 is 3.00 bits per heavy atom. The minimum Gasteiger partial charge on any atom is -0.368 e. The molecule has 0 aromatic carbocycles. The quantitative estimate of drug-likeness (QED) is 0.617. The molecule has 0 fully saturated rings. The number of hydrogen-bond donors (Lipinski definition) is 2. The zero-order valence-electron chi connectivity index (χ0n) is 9.77. The van der Waals surface area contributed by atoms with Gasteiger partial charge >= 0.3 is 0 Å². The first-order valence-corrected chi connectivity index (χ1v) is 6.26. The third kappa shape index (κ3) is 3.42. The topological polar surface area (TPSA) is 79.4 Å². The molecule has 0 spiro atoms. The number of nitrogens with zero attached hydrogens (tertiary/aromatic N) is 4. The van der Waals surface area contributed by atoms with Crippen LogP contribution in [0.15, 0.2) is 17.7 Å². The van der Waals surface area contributed by atoms with E-state index in [0.717, 1.165) is 34.7 Å². The molecule has 2 rings (SSSR count). The van der Waals surface area contributed by atoms with Crippen molar-refractivity contribution in [2.45, 2.75) is 19.0 Å². The van der Waals surface area contributed by atoms with Crippen molar-refractivity contribution in [3.05, 3.63) is 23.9 Å². The number of rotatable bonds is 5. The molecule has 7 heteroatoms. The number of hydrogen-bond acceptors (Lipinski definition) is 6. The van der Waals surface area contributed by atoms with Crippen molar-refractivity contribution in [3.8, 4) is 0 Å². The molecule has 90 valence electrons. The Hall–Kier alpha value is -1.63. The van der Waals surface area contributed by atoms with E-state index < -0.39 is 0 Å². The van der Waals surface area contributed by atoms with Crippen LogP contribution >= 0.6 is 11.8 Å². The second kappa shape index (κ2) is 5.62. The summed E-state index contributed by atoms with van der Waals surface area (Å²) in [5.41, 5.74) is 1.83. The van der Waals surface area contributed by atoms with E-state index in [1.165, 1.54) is 6.33 Å². The van der Waals surface area contributed by atoms with Crippen molar-refractivity contribution in [2.75, 3.05) is 17.6 Å². The maximum Gasteiger partial charge on any atom is 0.183 e. The number of anilines is 1. The average molecular weight is 250 g/mol. The Balaban J connectivity index is 1.80. The zero-order chi connectivity index (χ0) is 12.1. The smallest absolute Gasteiger partial charge is 0.183 e. The molecular weight excluding hydrogens is 236 g/mol. The second-order valence-electron chi connectivity index (χ2n) is 3.51. The van der Waals surface area contributed by atoms with Gasteiger partial charge in [-0.05, 0) is 13.8 Å². The van der Waals surface area contributed by atoms with Crippen LogP contribution in [-0.2, 0) is 0 Å². The summed E-state index contributed by atoms with van der Waals surface area (Å²) in [7, 11) is 0. The highest BCUT2D eigenvalue weighted by atomic mass is 32.2. The number of thioether (sulfide) groups is 1. The fourth-order valence-electron chi connectivity index (χ4n) is 1.29. The van der Waals surface area contributed by atoms with Gasteiger partial charge in [0.25, 0.3) is 0 Å². The van der Waals surface area contributed by atoms with Gasteiger partial charge in [-0.2, -0.15) is 5.10 Å². The van der Waals surface area contributed by atoms with Crippen LogP contribution in [-0.4, -0.2) is 37.4 Å². The predicted molar refractivity (Wildman–Crippen MR) is 67.1 cm³/mol. The summed E-state index contributed by atoms with van der Waals surface area (Å²) < 4.78 is 0. The van der Waals surface area contributed by atoms with E-state index >= 15 is 0 Å². The van der Waals surface area contributed by atoms with Crippen molar-refractivity contribution in [2.24, 2.45) is 0 Å². The van der Waals surface area contributed by atoms with Crippen molar-refractivity contribution in [1.29, 1.82) is 0 Å². The molecule has 0 saturated heterocycles. The van der Waals surface area contributed by atoms with Gasteiger partial charge < -0.3 is 5.32 Å². The van der Waals surface area contributed by atoms with Crippen LogP contribution in [0, 0.1) is 13.8 Å². The molecular formula is C10H14N6S. The van der Waals surface area contributed by atoms with Crippen LogP contribution in [0.2, 0.25) is 0 Å². The first kappa shape index (κ1) is 11.8. The average Bonchev–Trinajstić information content (AvgIpc) is 2.82. The molecule has 2 aromatic rings. The van der Waals surface area contributed by atoms with Crippen molar-refractivity contribution in [1.82, 2.24) is 25.1 Å². The van der Waals surface area contributed by atoms with E-state index in [1.54, 1.807) is 18.0 Å². The molecule has 6 nitrogen and oxygen atoms in total. The Kier molecular flexibility index (Phi) is 3.92. The van der Waals surface area contributed by atoms with Crippen LogP contribution in [0.25, 0.3) is 0 Å². The molecule has 0 radical (unpaired) electrons. The van der Waals surface area contributed by atoms with Crippen LogP contribution in [0.4, 0.5) is 5.82 Å². The molecule has 2 N–H and O–H groups in total. The first-order valence-electron chi connectivity index (χ1n) is 5.28. The molecule has 0 aliphatic rings. The zero-order valence-corrected chi connectivity index (χ0v) is 10.6. The lowest BCUT2D eigenvalue weighted by Gasteiger charge is -2.07. The molecule has 17 heavy (non-hydrogen) atoms. The molecule has 0 aliphatic heterocycles. The second-order valence-corrected chi connectivity index (χ2v) is 4.59. The normalized spacial score (nSPS) is 10.5. The summed E-state index contributed by atoms with van der Waals surface area (Å²) in [6, 6.07) is 0. The highest BCUT2D eigenvalue weighted by Crippen LogP contribution is 2.12. The lowest BCUT2D eigenvalue weighted by atomic mass is 10.4. The molecule has 2 heterocycles. The van der Waals surface area contributed by atoms with Gasteiger partial charge in [0, 0.05) is 18.5 Å². The lowest BCUT2D eigenvalue weighted by molar-refractivity contribution is 0.971. The Morgan fingerprint density at radius 1 is 1.35 bits per heavy atom. The Morgan fingerprint density at radius 2 is 2.24 bits per heavy atom. The molecule has 0 atom stereocenters. The van der Waals surface area contributed by atoms with E-state index in [4.69, 9.17) is 0 Å². The van der Waals surface area contributed by atoms with Gasteiger partial charge in [-0.25, -0.2) is 9.97 Å². The maximum atomic E-state index is 4.39. The highest BCUT2D eigenvalue weighted by molar-refractivity contribution is 7.99. The van der Waals surface area contributed by atoms with Gasteiger partial charge in [0.15, 0.2) is 5.16 Å². The first-order chi connectivity index (χ1) is 8.25. The number of H-pyrrole nitrogens is 1. The summed E-state index contributed by atoms with van der Waals surface area (Å²) >= 11 is 1.62. The van der Waals surface area contributed by atoms with Crippen LogP contribution in [0.5, 0.6) is 0 Å². The fourth-order valence-corrected chi connectivity index (χ4v) is 1.92. The molecule has 0 bridgehead atoms. The third-order valence-corrected chi connectivity index (χ3v) is 2.98. The van der Waals surface area contributed by atoms with E-state index in [2.05, 4.69) is 30.5 Å². The Bertz CT molecular complexity index is 470. The van der Waals surface area contributed by atoms with Crippen LogP contribution in [0.1, 0.15) is 11.4 Å². The van der Waals surface area contributed by atoms with Crippen LogP contribution in [0.3, 0.4) is 0 Å². The predicted octanol–water partition coefficient (Wildman–Crippen LogP) is 1.42. The SMILES string of the molecule is Cc1cnc(C)c(NCCSc2ncn[nH]2)n1. The van der Waals surface area contributed by atoms with Gasteiger partial charge in [-0.1, -0.05) is 11.8 Å². The molecule has 0 aliphatic carbocycles. The fraction of sp³-hybridized carbons (Fsp3) is 0.400. The van der Waals surface area contributed by atoms with Gasteiger partial charge in [-0.15, -0.1) is 0 Å². The molecule has 0 saturated carbocycles. The van der Waals surface area contributed by atoms with Gasteiger partial charge in [-0.3, -0.25) is 10.1 Å². The monoisotopic (exact) mass is 250 g/mol. The summed E-state index contributed by atoms with van der Waals surface area (Å²) in [6.45, 7) is 4.68. The van der Waals surface area contributed by atoms with E-state index in [-0.39, 0.29) is 0 Å². The van der Waals surface area contributed by atoms with Gasteiger partial charge in [0.05, 0.1) is 11.4 Å². The summed E-state index contributed by atoms with van der Waals surface area (Å²) in [5, 5.41) is 10.7. The number of aryl methyl sites for hydroxylation is 2. The summed E-state index contributed by atoms with van der Waals surface area (Å²) in [5.74, 6) is 1.74. The number of aromatic amines is 1. The maximum absolute atomic E-state index is 4.39. The van der Waals surface area contributed by atoms with Crippen LogP contribution < -0.4 is 5.32 Å². The standard InChI is InChI=1S/C10H14N6S/c1-7-5-12-8(2)9(15-7)11-3-4-17-10-13-6-14-16-10/h5-6H,3-4H2,1-2H3,(H,11,15)(H,13,14,16).